The quantitative estimate of drug-likeness (QED) is 0.398. The molecule has 0 aliphatic carbocycles. The summed E-state index contributed by atoms with van der Waals surface area (Å²) >= 11 is 0. The summed E-state index contributed by atoms with van der Waals surface area (Å²) in [5, 5.41) is 0. The molecule has 0 heteroatoms. The van der Waals surface area contributed by atoms with E-state index >= 15 is 0 Å². The number of rotatable bonds is 4. The number of hydrogen-bond donors (Lipinski definition) is 0. The molecule has 0 amide bonds. The lowest BCUT2D eigenvalue weighted by Gasteiger charge is -1.86. The molecule has 0 saturated carbocycles. The predicted molar refractivity (Wildman–Crippen MR) is 70.8 cm³/mol. The van der Waals surface area contributed by atoms with E-state index in [1.54, 1.807) is 0 Å². The van der Waals surface area contributed by atoms with Crippen molar-refractivity contribution in [3.05, 3.63) is 24.3 Å². The molecule has 0 saturated heterocycles. The van der Waals surface area contributed by atoms with E-state index in [1.807, 2.05) is 39.8 Å². The molecule has 0 nitrogen and oxygen atoms in total. The molecule has 14 heavy (non-hydrogen) atoms. The van der Waals surface area contributed by atoms with E-state index in [1.165, 1.54) is 25.7 Å². The molecular weight excluding hydrogens is 168 g/mol. The second-order valence-electron chi connectivity index (χ2n) is 3.05. The van der Waals surface area contributed by atoms with E-state index in [-0.39, 0.29) is 0 Å². The second kappa shape index (κ2) is 22.9. The Morgan fingerprint density at radius 3 is 1.50 bits per heavy atom. The fraction of sp³-hybridized carbons (Fsp3) is 0.714. The van der Waals surface area contributed by atoms with Gasteiger partial charge in [-0.1, -0.05) is 77.7 Å². The Morgan fingerprint density at radius 2 is 1.43 bits per heavy atom. The normalized spacial score (nSPS) is 8.43. The summed E-state index contributed by atoms with van der Waals surface area (Å²) in [5.41, 5.74) is 1.11. The first-order valence-electron chi connectivity index (χ1n) is 5.97. The van der Waals surface area contributed by atoms with E-state index in [2.05, 4.69) is 20.4 Å². The van der Waals surface area contributed by atoms with Gasteiger partial charge in [0, 0.05) is 0 Å². The van der Waals surface area contributed by atoms with Crippen LogP contribution in [0.4, 0.5) is 0 Å². The van der Waals surface area contributed by atoms with Gasteiger partial charge in [-0.3, -0.25) is 0 Å². The van der Waals surface area contributed by atoms with Crippen molar-refractivity contribution in [2.75, 3.05) is 0 Å². The van der Waals surface area contributed by atoms with Gasteiger partial charge < -0.3 is 0 Å². The van der Waals surface area contributed by atoms with Crippen LogP contribution in [0.1, 0.15) is 67.2 Å². The van der Waals surface area contributed by atoms with E-state index < -0.39 is 0 Å². The van der Waals surface area contributed by atoms with Crippen molar-refractivity contribution < 1.29 is 0 Å². The minimum absolute atomic E-state index is 1.11. The summed E-state index contributed by atoms with van der Waals surface area (Å²) in [7, 11) is 0. The van der Waals surface area contributed by atoms with Gasteiger partial charge in [-0.05, 0) is 13.8 Å². The molecule has 0 bridgehead atoms. The molecule has 86 valence electrons. The van der Waals surface area contributed by atoms with Crippen molar-refractivity contribution in [3.63, 3.8) is 0 Å². The summed E-state index contributed by atoms with van der Waals surface area (Å²) in [6.45, 7) is 16.1. The van der Waals surface area contributed by atoms with Gasteiger partial charge in [-0.15, -0.1) is 0 Å². The highest BCUT2D eigenvalue weighted by Gasteiger charge is 1.75. The molecule has 0 fully saturated rings. The molecule has 0 aliphatic rings. The van der Waals surface area contributed by atoms with Crippen molar-refractivity contribution in [3.8, 4) is 0 Å². The highest BCUT2D eigenvalue weighted by atomic mass is 13.8. The zero-order valence-electron chi connectivity index (χ0n) is 11.2. The Morgan fingerprint density at radius 1 is 1.07 bits per heavy atom. The van der Waals surface area contributed by atoms with Gasteiger partial charge in [-0.25, -0.2) is 0 Å². The Bertz CT molecular complexity index is 105. The lowest BCUT2D eigenvalue weighted by Crippen LogP contribution is -1.66. The van der Waals surface area contributed by atoms with Crippen LogP contribution in [0.5, 0.6) is 0 Å². The van der Waals surface area contributed by atoms with Crippen LogP contribution in [0.15, 0.2) is 24.3 Å². The lowest BCUT2D eigenvalue weighted by atomic mass is 10.2. The largest absolute Gasteiger partial charge is 0.0961 e. The van der Waals surface area contributed by atoms with Crippen LogP contribution in [-0.2, 0) is 0 Å². The van der Waals surface area contributed by atoms with Crippen molar-refractivity contribution in [1.82, 2.24) is 0 Å². The zero-order valence-corrected chi connectivity index (χ0v) is 11.2. The van der Waals surface area contributed by atoms with Crippen LogP contribution < -0.4 is 0 Å². The summed E-state index contributed by atoms with van der Waals surface area (Å²) in [5.74, 6) is 0. The molecule has 0 spiro atoms. The Labute approximate surface area is 92.1 Å². The van der Waals surface area contributed by atoms with Crippen LogP contribution in [0, 0.1) is 0 Å². The van der Waals surface area contributed by atoms with Crippen molar-refractivity contribution in [1.29, 1.82) is 0 Å². The molecule has 0 unspecified atom stereocenters. The maximum absolute atomic E-state index is 3.66. The van der Waals surface area contributed by atoms with E-state index in [0.29, 0.717) is 0 Å². The van der Waals surface area contributed by atoms with Crippen molar-refractivity contribution in [2.45, 2.75) is 67.2 Å². The third-order valence-electron chi connectivity index (χ3n) is 1.41. The van der Waals surface area contributed by atoms with Gasteiger partial charge in [0.05, 0.1) is 0 Å². The molecule has 0 radical (unpaired) electrons. The summed E-state index contributed by atoms with van der Waals surface area (Å²) in [4.78, 5) is 0. The minimum atomic E-state index is 1.11. The van der Waals surface area contributed by atoms with Crippen LogP contribution in [-0.4, -0.2) is 0 Å². The van der Waals surface area contributed by atoms with Gasteiger partial charge in [0.2, 0.25) is 0 Å². The highest BCUT2D eigenvalue weighted by Crippen LogP contribution is 1.95. The molecule has 0 atom stereocenters. The fourth-order valence-corrected chi connectivity index (χ4v) is 0.785. The number of hydrogen-bond acceptors (Lipinski definition) is 0. The standard InChI is InChI=1S/C6H10.C6H14.C2H6/c1-4-5-6(2)3;1-3-5-6-4-2;1-2/h4-5H,2H2,1,3H3;3-6H2,1-2H3;1-2H3/b5-4-;;. The average Bonchev–Trinajstić information content (AvgIpc) is 2.18. The molecular formula is C14H30. The minimum Gasteiger partial charge on any atom is -0.0961 e. The monoisotopic (exact) mass is 198 g/mol. The first kappa shape index (κ1) is 19.1. The fourth-order valence-electron chi connectivity index (χ4n) is 0.785. The first-order chi connectivity index (χ1) is 6.68. The SMILES string of the molecule is C=C(C)/C=C\C.CC.CCCCCC. The predicted octanol–water partition coefficient (Wildman–Crippen LogP) is 5.75. The topological polar surface area (TPSA) is 0 Å². The summed E-state index contributed by atoms with van der Waals surface area (Å²) in [6.07, 6.45) is 9.48. The third-order valence-corrected chi connectivity index (χ3v) is 1.41. The number of allylic oxidation sites excluding steroid dienone is 3. The molecule has 0 aromatic rings. The molecule has 0 N–H and O–H groups in total. The third kappa shape index (κ3) is 42.0. The van der Waals surface area contributed by atoms with Gasteiger partial charge in [0.15, 0.2) is 0 Å². The Hall–Kier alpha value is -0.520. The van der Waals surface area contributed by atoms with Gasteiger partial charge in [-0.2, -0.15) is 0 Å². The maximum atomic E-state index is 3.66. The van der Waals surface area contributed by atoms with Crippen LogP contribution in [0.3, 0.4) is 0 Å². The molecule has 0 aromatic carbocycles. The molecule has 0 heterocycles. The lowest BCUT2D eigenvalue weighted by molar-refractivity contribution is 0.702. The first-order valence-corrected chi connectivity index (χ1v) is 5.97. The average molecular weight is 198 g/mol. The van der Waals surface area contributed by atoms with E-state index in [0.717, 1.165) is 5.57 Å². The van der Waals surface area contributed by atoms with Gasteiger partial charge in [0.25, 0.3) is 0 Å². The second-order valence-corrected chi connectivity index (χ2v) is 3.05. The van der Waals surface area contributed by atoms with Crippen LogP contribution in [0.2, 0.25) is 0 Å². The van der Waals surface area contributed by atoms with E-state index in [4.69, 9.17) is 0 Å². The maximum Gasteiger partial charge on any atom is -0.0404 e. The van der Waals surface area contributed by atoms with Crippen molar-refractivity contribution in [2.24, 2.45) is 0 Å². The number of unbranched alkanes of at least 4 members (excludes halogenated alkanes) is 3. The molecule has 0 aromatic heterocycles. The van der Waals surface area contributed by atoms with Crippen molar-refractivity contribution >= 4 is 0 Å². The van der Waals surface area contributed by atoms with Crippen LogP contribution >= 0.6 is 0 Å². The molecule has 0 aliphatic heterocycles. The van der Waals surface area contributed by atoms with E-state index in [9.17, 15) is 0 Å². The highest BCUT2D eigenvalue weighted by molar-refractivity contribution is 5.09. The summed E-state index contributed by atoms with van der Waals surface area (Å²) < 4.78 is 0. The Kier molecular flexibility index (Phi) is 31.2. The smallest absolute Gasteiger partial charge is 0.0404 e. The van der Waals surface area contributed by atoms with Gasteiger partial charge in [0.1, 0.15) is 0 Å². The summed E-state index contributed by atoms with van der Waals surface area (Å²) in [6, 6.07) is 0. The zero-order chi connectivity index (χ0) is 11.8. The van der Waals surface area contributed by atoms with Gasteiger partial charge >= 0.3 is 0 Å². The Balaban J connectivity index is -0.000000147. The van der Waals surface area contributed by atoms with Crippen LogP contribution in [0.25, 0.3) is 0 Å². The molecule has 0 rings (SSSR count).